The second-order valence-electron chi connectivity index (χ2n) is 9.51. The van der Waals surface area contributed by atoms with Gasteiger partial charge < -0.3 is 25.5 Å². The van der Waals surface area contributed by atoms with E-state index in [-0.39, 0.29) is 23.4 Å². The molecule has 5 heteroatoms. The fraction of sp³-hybridized carbons (Fsp3) is 0.810. The number of aliphatic hydroxyl groups is 5. The molecule has 0 heterocycles. The minimum atomic E-state index is -1.80. The summed E-state index contributed by atoms with van der Waals surface area (Å²) >= 11 is 0. The molecule has 3 fully saturated rings. The van der Waals surface area contributed by atoms with Gasteiger partial charge in [0.15, 0.2) is 5.60 Å². The minimum absolute atomic E-state index is 0.130. The quantitative estimate of drug-likeness (QED) is 0.321. The van der Waals surface area contributed by atoms with Crippen molar-refractivity contribution in [1.82, 2.24) is 0 Å². The zero-order chi connectivity index (χ0) is 19.1. The van der Waals surface area contributed by atoms with Crippen LogP contribution < -0.4 is 0 Å². The van der Waals surface area contributed by atoms with Crippen LogP contribution in [0.25, 0.3) is 0 Å². The Balaban J connectivity index is 1.81. The summed E-state index contributed by atoms with van der Waals surface area (Å²) in [7, 11) is 0. The molecule has 0 aromatic carbocycles. The Labute approximate surface area is 154 Å². The van der Waals surface area contributed by atoms with E-state index in [0.29, 0.717) is 12.8 Å². The highest BCUT2D eigenvalue weighted by atomic mass is 16.4. The molecule has 144 valence electrons. The third kappa shape index (κ3) is 2.00. The number of terminal acetylenes is 1. The first kappa shape index (κ1) is 18.5. The molecule has 0 radical (unpaired) electrons. The van der Waals surface area contributed by atoms with Gasteiger partial charge in [-0.1, -0.05) is 31.4 Å². The highest BCUT2D eigenvalue weighted by Gasteiger charge is 2.71. The molecular formula is C21H30O5. The summed E-state index contributed by atoms with van der Waals surface area (Å²) in [5.41, 5.74) is -1.67. The Bertz CT molecular complexity index is 682. The van der Waals surface area contributed by atoms with E-state index in [0.717, 1.165) is 24.8 Å². The molecule has 3 saturated carbocycles. The minimum Gasteiger partial charge on any atom is -0.393 e. The van der Waals surface area contributed by atoms with Crippen molar-refractivity contribution in [1.29, 1.82) is 0 Å². The Kier molecular flexibility index (Phi) is 3.95. The van der Waals surface area contributed by atoms with Crippen LogP contribution in [0.3, 0.4) is 0 Å². The van der Waals surface area contributed by atoms with Crippen LogP contribution in [0, 0.1) is 40.9 Å². The van der Waals surface area contributed by atoms with Gasteiger partial charge in [-0.2, -0.15) is 0 Å². The van der Waals surface area contributed by atoms with Gasteiger partial charge in [0.2, 0.25) is 0 Å². The lowest BCUT2D eigenvalue weighted by Gasteiger charge is -2.59. The monoisotopic (exact) mass is 362 g/mol. The van der Waals surface area contributed by atoms with E-state index in [4.69, 9.17) is 6.42 Å². The van der Waals surface area contributed by atoms with Crippen molar-refractivity contribution < 1.29 is 25.5 Å². The number of aliphatic hydroxyl groups excluding tert-OH is 4. The van der Waals surface area contributed by atoms with Crippen LogP contribution in [0.2, 0.25) is 0 Å². The predicted molar refractivity (Wildman–Crippen MR) is 95.7 cm³/mol. The van der Waals surface area contributed by atoms with Crippen LogP contribution in [0.15, 0.2) is 11.6 Å². The average Bonchev–Trinajstić information content (AvgIpc) is 2.75. The van der Waals surface area contributed by atoms with Crippen LogP contribution >= 0.6 is 0 Å². The van der Waals surface area contributed by atoms with Crippen LogP contribution in [0.5, 0.6) is 0 Å². The predicted octanol–water partition coefficient (Wildman–Crippen LogP) is 0.587. The SMILES string of the molecule is C#C[C@]1(O)[C@H](O)[C@H](O)C2C3C(CC[C@@]21C)[C@@]1(C)CC[C@H](O)CC1=C[C@H]3O. The lowest BCUT2D eigenvalue weighted by Crippen LogP contribution is -2.58. The molecule has 0 aromatic rings. The molecule has 5 nitrogen and oxygen atoms in total. The Morgan fingerprint density at radius 1 is 1.12 bits per heavy atom. The summed E-state index contributed by atoms with van der Waals surface area (Å²) in [4.78, 5) is 0. The van der Waals surface area contributed by atoms with E-state index in [1.807, 2.05) is 13.0 Å². The van der Waals surface area contributed by atoms with Gasteiger partial charge in [-0.15, -0.1) is 6.42 Å². The Morgan fingerprint density at radius 2 is 1.81 bits per heavy atom. The number of fused-ring (bicyclic) bond motifs is 5. The second kappa shape index (κ2) is 5.56. The van der Waals surface area contributed by atoms with Crippen LogP contribution in [-0.4, -0.2) is 55.5 Å². The van der Waals surface area contributed by atoms with Crippen LogP contribution in [0.1, 0.15) is 46.0 Å². The molecule has 4 rings (SSSR count). The molecule has 3 unspecified atom stereocenters. The van der Waals surface area contributed by atoms with Gasteiger partial charge in [0.05, 0.1) is 18.3 Å². The Morgan fingerprint density at radius 3 is 2.46 bits per heavy atom. The van der Waals surface area contributed by atoms with E-state index in [1.54, 1.807) is 0 Å². The van der Waals surface area contributed by atoms with Crippen molar-refractivity contribution in [3.63, 3.8) is 0 Å². The normalized spacial score (nSPS) is 58.8. The zero-order valence-corrected chi connectivity index (χ0v) is 15.5. The molecule has 0 amide bonds. The first-order chi connectivity index (χ1) is 12.1. The zero-order valence-electron chi connectivity index (χ0n) is 15.5. The summed E-state index contributed by atoms with van der Waals surface area (Å²) < 4.78 is 0. The summed E-state index contributed by atoms with van der Waals surface area (Å²) in [6, 6.07) is 0. The molecule has 0 bridgehead atoms. The first-order valence-electron chi connectivity index (χ1n) is 9.74. The van der Waals surface area contributed by atoms with Gasteiger partial charge >= 0.3 is 0 Å². The molecule has 0 spiro atoms. The summed E-state index contributed by atoms with van der Waals surface area (Å²) in [5, 5.41) is 53.4. The second-order valence-corrected chi connectivity index (χ2v) is 9.51. The van der Waals surface area contributed by atoms with E-state index in [1.165, 1.54) is 0 Å². The van der Waals surface area contributed by atoms with Gasteiger partial charge in [0, 0.05) is 11.3 Å². The fourth-order valence-electron chi connectivity index (χ4n) is 6.98. The van der Waals surface area contributed by atoms with Gasteiger partial charge in [-0.3, -0.25) is 0 Å². The van der Waals surface area contributed by atoms with Crippen molar-refractivity contribution in [2.75, 3.05) is 0 Å². The lowest BCUT2D eigenvalue weighted by atomic mass is 9.46. The molecule has 0 aromatic heterocycles. The number of hydrogen-bond donors (Lipinski definition) is 5. The molecular weight excluding hydrogens is 332 g/mol. The third-order valence-corrected chi connectivity index (χ3v) is 8.57. The highest BCUT2D eigenvalue weighted by molar-refractivity contribution is 5.33. The maximum atomic E-state index is 11.0. The Hall–Kier alpha value is -0.900. The first-order valence-corrected chi connectivity index (χ1v) is 9.74. The van der Waals surface area contributed by atoms with Gasteiger partial charge in [0.25, 0.3) is 0 Å². The molecule has 10 atom stereocenters. The van der Waals surface area contributed by atoms with E-state index >= 15 is 0 Å². The smallest absolute Gasteiger partial charge is 0.159 e. The van der Waals surface area contributed by atoms with Crippen molar-refractivity contribution in [3.8, 4) is 12.3 Å². The topological polar surface area (TPSA) is 101 Å². The lowest BCUT2D eigenvalue weighted by molar-refractivity contribution is -0.139. The van der Waals surface area contributed by atoms with Gasteiger partial charge in [-0.05, 0) is 49.4 Å². The average molecular weight is 362 g/mol. The molecule has 4 aliphatic rings. The van der Waals surface area contributed by atoms with Crippen LogP contribution in [0.4, 0.5) is 0 Å². The maximum absolute atomic E-state index is 11.0. The summed E-state index contributed by atoms with van der Waals surface area (Å²) in [5.74, 6) is 1.74. The van der Waals surface area contributed by atoms with E-state index in [2.05, 4.69) is 12.8 Å². The number of rotatable bonds is 0. The van der Waals surface area contributed by atoms with Gasteiger partial charge in [0.1, 0.15) is 6.10 Å². The van der Waals surface area contributed by atoms with Crippen molar-refractivity contribution in [3.05, 3.63) is 11.6 Å². The molecule has 26 heavy (non-hydrogen) atoms. The van der Waals surface area contributed by atoms with Crippen molar-refractivity contribution >= 4 is 0 Å². The van der Waals surface area contributed by atoms with Crippen molar-refractivity contribution in [2.24, 2.45) is 28.6 Å². The third-order valence-electron chi connectivity index (χ3n) is 8.57. The molecule has 5 N–H and O–H groups in total. The van der Waals surface area contributed by atoms with Crippen molar-refractivity contribution in [2.45, 2.75) is 76.0 Å². The molecule has 0 saturated heterocycles. The van der Waals surface area contributed by atoms with E-state index in [9.17, 15) is 25.5 Å². The van der Waals surface area contributed by atoms with Crippen LogP contribution in [-0.2, 0) is 0 Å². The molecule has 0 aliphatic heterocycles. The maximum Gasteiger partial charge on any atom is 0.159 e. The standard InChI is InChI=1S/C21H30O5/c1-4-21(26)18(25)17(24)16-15-13(6-8-20(16,21)3)19(2)7-5-12(22)9-11(19)10-14(15)23/h1,10,12-18,22-26H,5-9H2,2-3H3/t12-,13?,14+,15?,16?,17+,18+,19-,20-,21-/m0/s1. The molecule has 4 aliphatic carbocycles. The van der Waals surface area contributed by atoms with Gasteiger partial charge in [-0.25, -0.2) is 0 Å². The number of hydrogen-bond acceptors (Lipinski definition) is 5. The largest absolute Gasteiger partial charge is 0.393 e. The highest BCUT2D eigenvalue weighted by Crippen LogP contribution is 2.67. The van der Waals surface area contributed by atoms with E-state index < -0.39 is 35.2 Å². The summed E-state index contributed by atoms with van der Waals surface area (Å²) in [6.07, 6.45) is 7.22. The fourth-order valence-corrected chi connectivity index (χ4v) is 6.98. The summed E-state index contributed by atoms with van der Waals surface area (Å²) in [6.45, 7) is 4.04.